The topological polar surface area (TPSA) is 8.17 Å². The van der Waals surface area contributed by atoms with E-state index in [1.165, 1.54) is 55.6 Å². The molecule has 1 aliphatic heterocycles. The summed E-state index contributed by atoms with van der Waals surface area (Å²) in [6.45, 7) is 2.37. The van der Waals surface area contributed by atoms with Crippen molar-refractivity contribution in [2.45, 2.75) is 18.4 Å². The van der Waals surface area contributed by atoms with Crippen molar-refractivity contribution in [3.8, 4) is 16.8 Å². The van der Waals surface area contributed by atoms with Crippen molar-refractivity contribution < 1.29 is 0 Å². The zero-order chi connectivity index (χ0) is 26.0. The molecule has 0 bridgehead atoms. The van der Waals surface area contributed by atoms with Gasteiger partial charge in [0.15, 0.2) is 0 Å². The number of hydrogen-bond acceptors (Lipinski definition) is 1. The van der Waals surface area contributed by atoms with Crippen molar-refractivity contribution in [3.63, 3.8) is 0 Å². The van der Waals surface area contributed by atoms with Gasteiger partial charge in [-0.2, -0.15) is 0 Å². The molecule has 0 spiro atoms. The Labute approximate surface area is 228 Å². The predicted molar refractivity (Wildman–Crippen MR) is 164 cm³/mol. The van der Waals surface area contributed by atoms with Gasteiger partial charge in [0.25, 0.3) is 0 Å². The molecular formula is C37H28N2. The van der Waals surface area contributed by atoms with Crippen LogP contribution in [0.3, 0.4) is 0 Å². The van der Waals surface area contributed by atoms with Crippen LogP contribution in [0.5, 0.6) is 0 Å². The molecule has 0 saturated carbocycles. The molecule has 2 atom stereocenters. The SMILES string of the molecule is C[C@@]12C=CC=CC1N(c1ccccc1)c1ccc(-c3ccc4c(c3)c3ccccc3n4-c3ccccc3)cc12. The van der Waals surface area contributed by atoms with Crippen LogP contribution in [-0.4, -0.2) is 10.6 Å². The average molecular weight is 501 g/mol. The second-order valence-electron chi connectivity index (χ2n) is 10.8. The Morgan fingerprint density at radius 1 is 0.590 bits per heavy atom. The summed E-state index contributed by atoms with van der Waals surface area (Å²) in [5.74, 6) is 0. The Hall–Kier alpha value is -4.82. The van der Waals surface area contributed by atoms with Gasteiger partial charge in [-0.3, -0.25) is 0 Å². The second-order valence-corrected chi connectivity index (χ2v) is 10.8. The van der Waals surface area contributed by atoms with Crippen LogP contribution in [0.25, 0.3) is 38.6 Å². The molecule has 0 N–H and O–H groups in total. The molecule has 6 aromatic rings. The molecule has 8 rings (SSSR count). The molecule has 2 nitrogen and oxygen atoms in total. The highest BCUT2D eigenvalue weighted by Crippen LogP contribution is 2.52. The van der Waals surface area contributed by atoms with Crippen molar-refractivity contribution in [2.75, 3.05) is 4.90 Å². The van der Waals surface area contributed by atoms with Crippen molar-refractivity contribution in [1.29, 1.82) is 0 Å². The standard InChI is InChI=1S/C37H28N2/c1-37-23-11-10-18-36(37)39(29-14-6-3-7-15-29)35-22-20-27(25-32(35)37)26-19-21-34-31(24-26)30-16-8-9-17-33(30)38(34)28-12-4-2-5-13-28/h2-25,36H,1H3/t36?,37-/m0/s1. The van der Waals surface area contributed by atoms with Crippen LogP contribution in [0.1, 0.15) is 12.5 Å². The first-order valence-electron chi connectivity index (χ1n) is 13.7. The Balaban J connectivity index is 1.31. The van der Waals surface area contributed by atoms with E-state index in [2.05, 4.69) is 162 Å². The van der Waals surface area contributed by atoms with Crippen LogP contribution in [-0.2, 0) is 5.41 Å². The van der Waals surface area contributed by atoms with E-state index in [9.17, 15) is 0 Å². The summed E-state index contributed by atoms with van der Waals surface area (Å²) in [6, 6.07) is 44.4. The highest BCUT2D eigenvalue weighted by Gasteiger charge is 2.46. The average Bonchev–Trinajstić information content (AvgIpc) is 3.47. The largest absolute Gasteiger partial charge is 0.333 e. The number of anilines is 2. The van der Waals surface area contributed by atoms with E-state index in [1.54, 1.807) is 0 Å². The summed E-state index contributed by atoms with van der Waals surface area (Å²) in [6.07, 6.45) is 9.11. The van der Waals surface area contributed by atoms with Gasteiger partial charge in [0.05, 0.1) is 17.1 Å². The van der Waals surface area contributed by atoms with Crippen LogP contribution in [0.15, 0.2) is 146 Å². The maximum atomic E-state index is 2.50. The molecule has 0 amide bonds. The summed E-state index contributed by atoms with van der Waals surface area (Å²) < 4.78 is 2.37. The molecule has 1 unspecified atom stereocenters. The van der Waals surface area contributed by atoms with Gasteiger partial charge >= 0.3 is 0 Å². The van der Waals surface area contributed by atoms with Crippen molar-refractivity contribution in [3.05, 3.63) is 151 Å². The quantitative estimate of drug-likeness (QED) is 0.235. The van der Waals surface area contributed by atoms with E-state index >= 15 is 0 Å². The third-order valence-electron chi connectivity index (χ3n) is 8.63. The van der Waals surface area contributed by atoms with E-state index in [1.807, 2.05) is 0 Å². The second kappa shape index (κ2) is 8.34. The van der Waals surface area contributed by atoms with Gasteiger partial charge in [0.1, 0.15) is 0 Å². The molecule has 2 aliphatic rings. The smallest absolute Gasteiger partial charge is 0.0655 e. The number of rotatable bonds is 3. The lowest BCUT2D eigenvalue weighted by atomic mass is 9.75. The highest BCUT2D eigenvalue weighted by molar-refractivity contribution is 6.10. The van der Waals surface area contributed by atoms with E-state index in [-0.39, 0.29) is 11.5 Å². The maximum absolute atomic E-state index is 2.50. The summed E-state index contributed by atoms with van der Waals surface area (Å²) >= 11 is 0. The summed E-state index contributed by atoms with van der Waals surface area (Å²) in [5.41, 5.74) is 9.95. The fourth-order valence-corrected chi connectivity index (χ4v) is 6.73. The molecule has 0 radical (unpaired) electrons. The monoisotopic (exact) mass is 500 g/mol. The number of hydrogen-bond donors (Lipinski definition) is 0. The van der Waals surface area contributed by atoms with Gasteiger partial charge in [0.2, 0.25) is 0 Å². The normalized spacial score (nSPS) is 19.5. The lowest BCUT2D eigenvalue weighted by Crippen LogP contribution is -2.39. The number of benzene rings is 5. The van der Waals surface area contributed by atoms with Gasteiger partial charge in [-0.05, 0) is 78.2 Å². The van der Waals surface area contributed by atoms with Crippen LogP contribution in [0, 0.1) is 0 Å². The van der Waals surface area contributed by atoms with Crippen molar-refractivity contribution >= 4 is 33.2 Å². The Kier molecular flexibility index (Phi) is 4.75. The van der Waals surface area contributed by atoms with Gasteiger partial charge in [-0.15, -0.1) is 0 Å². The van der Waals surface area contributed by atoms with Crippen LogP contribution < -0.4 is 4.90 Å². The van der Waals surface area contributed by atoms with Crippen LogP contribution in [0.4, 0.5) is 11.4 Å². The van der Waals surface area contributed by atoms with Crippen LogP contribution >= 0.6 is 0 Å². The minimum Gasteiger partial charge on any atom is -0.333 e. The zero-order valence-corrected chi connectivity index (χ0v) is 21.8. The van der Waals surface area contributed by atoms with Gasteiger partial charge in [-0.25, -0.2) is 0 Å². The fraction of sp³-hybridized carbons (Fsp3) is 0.0811. The maximum Gasteiger partial charge on any atom is 0.0655 e. The lowest BCUT2D eigenvalue weighted by molar-refractivity contribution is 0.551. The predicted octanol–water partition coefficient (Wildman–Crippen LogP) is 9.35. The number of allylic oxidation sites excluding steroid dienone is 2. The Morgan fingerprint density at radius 2 is 1.26 bits per heavy atom. The first kappa shape index (κ1) is 22.2. The van der Waals surface area contributed by atoms with Crippen molar-refractivity contribution in [2.24, 2.45) is 0 Å². The van der Waals surface area contributed by atoms with E-state index < -0.39 is 0 Å². The number of para-hydroxylation sites is 3. The number of aromatic nitrogens is 1. The van der Waals surface area contributed by atoms with Gasteiger partial charge < -0.3 is 9.47 Å². The van der Waals surface area contributed by atoms with Crippen molar-refractivity contribution in [1.82, 2.24) is 4.57 Å². The Morgan fingerprint density at radius 3 is 2.08 bits per heavy atom. The van der Waals surface area contributed by atoms with E-state index in [0.29, 0.717) is 0 Å². The minimum atomic E-state index is -0.0939. The summed E-state index contributed by atoms with van der Waals surface area (Å²) in [5, 5.41) is 2.56. The first-order valence-corrected chi connectivity index (χ1v) is 13.7. The number of fused-ring (bicyclic) bond motifs is 6. The van der Waals surface area contributed by atoms with Crippen LogP contribution in [0.2, 0.25) is 0 Å². The molecule has 1 aliphatic carbocycles. The molecule has 1 aromatic heterocycles. The van der Waals surface area contributed by atoms with E-state index in [4.69, 9.17) is 0 Å². The molecule has 186 valence electrons. The molecule has 0 fully saturated rings. The highest BCUT2D eigenvalue weighted by atomic mass is 15.2. The fourth-order valence-electron chi connectivity index (χ4n) is 6.73. The lowest BCUT2D eigenvalue weighted by Gasteiger charge is -2.34. The summed E-state index contributed by atoms with van der Waals surface area (Å²) in [7, 11) is 0. The molecule has 5 aromatic carbocycles. The molecule has 2 heteroatoms. The third kappa shape index (κ3) is 3.21. The first-order chi connectivity index (χ1) is 19.2. The summed E-state index contributed by atoms with van der Waals surface area (Å²) in [4.78, 5) is 2.50. The Bertz CT molecular complexity index is 1930. The van der Waals surface area contributed by atoms with Gasteiger partial charge in [-0.1, -0.05) is 91.0 Å². The third-order valence-corrected chi connectivity index (χ3v) is 8.63. The molecule has 2 heterocycles. The minimum absolute atomic E-state index is 0.0939. The molecule has 39 heavy (non-hydrogen) atoms. The molecular weight excluding hydrogens is 472 g/mol. The molecule has 0 saturated heterocycles. The number of nitrogens with zero attached hydrogens (tertiary/aromatic N) is 2. The zero-order valence-electron chi connectivity index (χ0n) is 21.8. The van der Waals surface area contributed by atoms with E-state index in [0.717, 1.165) is 0 Å². The van der Waals surface area contributed by atoms with Gasteiger partial charge in [0, 0.05) is 33.2 Å².